The van der Waals surface area contributed by atoms with Crippen molar-refractivity contribution in [2.75, 3.05) is 0 Å². The molecule has 3 fully saturated rings. The van der Waals surface area contributed by atoms with Crippen molar-refractivity contribution in [3.05, 3.63) is 168 Å². The van der Waals surface area contributed by atoms with Crippen LogP contribution in [0, 0.1) is 28.0 Å². The maximum Gasteiger partial charge on any atom is 0.369 e. The van der Waals surface area contributed by atoms with Gasteiger partial charge in [-0.25, -0.2) is 12.8 Å². The quantitative estimate of drug-likeness (QED) is 0.0417. The lowest BCUT2D eigenvalue weighted by molar-refractivity contribution is -0.170. The zero-order chi connectivity index (χ0) is 66.1. The molecule has 0 aromatic heterocycles. The third-order valence-electron chi connectivity index (χ3n) is 17.7. The second-order valence-electron chi connectivity index (χ2n) is 25.7. The lowest BCUT2D eigenvalue weighted by Crippen LogP contribution is -2.44. The Kier molecular flexibility index (Phi) is 23.3. The molecule has 7 unspecified atom stereocenters. The van der Waals surface area contributed by atoms with Crippen LogP contribution in [-0.4, -0.2) is 77.7 Å². The van der Waals surface area contributed by atoms with Crippen LogP contribution in [0.3, 0.4) is 0 Å². The number of ether oxygens (including phenoxy) is 5. The van der Waals surface area contributed by atoms with E-state index in [4.69, 9.17) is 18.9 Å². The Morgan fingerprint density at radius 2 is 1.18 bits per heavy atom. The Morgan fingerprint density at radius 1 is 0.685 bits per heavy atom. The standard InChI is InChI=1S/C18H15S.C16H21FO2.C15H18O.C13H18O5.C9H16F2O5S/c1-4-10-16(11-5-1)19(17-12-6-2-7-13-17)18-14-8-3-9-15-18;1-5-15(2,3)14(18)19-16(4)9-8-11-10-12(17)6-7-13(11)16;1-4-15(2,3)13-7-5-12-10-14(16)8-6-11(12)9-13;1-4-13(2,3)12(15)18-9-7-5-6-8(16-7)10(9)17-11(6)14;1-5-8(3,4)7(12)16-6(2)9(10,11)17(13,14)15/h1-15H;6-7,10H,5,8-9H2,1-4H3;5-10,16H,4H2,1-3H3;6-10H,4-5H2,1-3H3;6H,5H2,1-4H3,(H,13,14,15)/q+1;;;;/p-1. The van der Waals surface area contributed by atoms with E-state index in [0.717, 1.165) is 42.2 Å². The van der Waals surface area contributed by atoms with Crippen molar-refractivity contribution >= 4 is 55.7 Å². The van der Waals surface area contributed by atoms with Gasteiger partial charge in [-0.15, -0.1) is 0 Å². The third kappa shape index (κ3) is 17.2. The molecule has 4 aliphatic rings. The highest BCUT2D eigenvalue weighted by Crippen LogP contribution is 2.48. The molecule has 6 aromatic rings. The van der Waals surface area contributed by atoms with Gasteiger partial charge in [0, 0.05) is 0 Å². The number of aromatic hydroxyl groups is 1. The molecular formula is C71H87F3O13S2. The molecule has 0 spiro atoms. The maximum absolute atomic E-state index is 13.2. The van der Waals surface area contributed by atoms with Gasteiger partial charge in [-0.2, -0.15) is 8.78 Å². The first kappa shape index (κ1) is 71.3. The average molecular weight is 1270 g/mol. The number of fused-ring (bicyclic) bond motifs is 3. The Labute approximate surface area is 526 Å². The van der Waals surface area contributed by atoms with Crippen molar-refractivity contribution in [1.82, 2.24) is 0 Å². The van der Waals surface area contributed by atoms with Gasteiger partial charge in [0.1, 0.15) is 23.3 Å². The number of carbonyl (C=O) groups is 4. The monoisotopic (exact) mass is 1270 g/mol. The van der Waals surface area contributed by atoms with Crippen LogP contribution in [0.1, 0.15) is 152 Å². The van der Waals surface area contributed by atoms with Gasteiger partial charge >= 0.3 is 29.1 Å². The van der Waals surface area contributed by atoms with E-state index < -0.39 is 61.5 Å². The van der Waals surface area contributed by atoms with E-state index in [0.29, 0.717) is 31.9 Å². The van der Waals surface area contributed by atoms with Gasteiger partial charge in [0.15, 0.2) is 43.1 Å². The Bertz CT molecular complexity index is 3410. The summed E-state index contributed by atoms with van der Waals surface area (Å²) in [7, 11) is -5.87. The molecule has 1 N–H and O–H groups in total. The van der Waals surface area contributed by atoms with E-state index in [-0.39, 0.29) is 58.2 Å². The third-order valence-corrected chi connectivity index (χ3v) is 20.9. The summed E-state index contributed by atoms with van der Waals surface area (Å²) in [5, 5.41) is 7.06. The summed E-state index contributed by atoms with van der Waals surface area (Å²) in [6.45, 7) is 25.3. The van der Waals surface area contributed by atoms with Gasteiger partial charge in [0.2, 0.25) is 0 Å². The summed E-state index contributed by atoms with van der Waals surface area (Å²) in [4.78, 5) is 51.3. The zero-order valence-electron chi connectivity index (χ0n) is 53.6. The number of alkyl halides is 2. The molecule has 0 saturated carbocycles. The molecule has 10 rings (SSSR count). The zero-order valence-corrected chi connectivity index (χ0v) is 55.2. The largest absolute Gasteiger partial charge is 0.743 e. The Hall–Kier alpha value is -6.73. The maximum atomic E-state index is 13.2. The molecule has 0 radical (unpaired) electrons. The molecule has 6 aromatic carbocycles. The number of carbonyl (C=O) groups excluding carboxylic acids is 4. The molecule has 482 valence electrons. The lowest BCUT2D eigenvalue weighted by Gasteiger charge is -2.31. The number of phenols is 1. The van der Waals surface area contributed by atoms with Crippen molar-refractivity contribution < 1.29 is 74.1 Å². The Balaban J connectivity index is 0.000000178. The summed E-state index contributed by atoms with van der Waals surface area (Å²) in [5.74, 6) is -1.66. The van der Waals surface area contributed by atoms with Gasteiger partial charge in [-0.3, -0.25) is 19.2 Å². The topological polar surface area (TPSA) is 192 Å². The number of rotatable bonds is 16. The minimum atomic E-state index is -5.86. The van der Waals surface area contributed by atoms with Crippen LogP contribution in [0.4, 0.5) is 13.2 Å². The highest BCUT2D eigenvalue weighted by molar-refractivity contribution is 7.97. The number of halogens is 3. The highest BCUT2D eigenvalue weighted by atomic mass is 32.2. The fourth-order valence-electron chi connectivity index (χ4n) is 9.87. The van der Waals surface area contributed by atoms with Crippen LogP contribution >= 0.6 is 0 Å². The molecule has 3 aliphatic heterocycles. The number of esters is 4. The van der Waals surface area contributed by atoms with Crippen molar-refractivity contribution in [3.63, 3.8) is 0 Å². The summed E-state index contributed by atoms with van der Waals surface area (Å²) >= 11 is 0. The SMILES string of the molecule is CCC(C)(C)C(=O)OC(C)C(F)(F)S(=O)(=O)[O-].CCC(C)(C)C(=O)OC1(C)CCc2cc(F)ccc21.CCC(C)(C)C(=O)OC1C2CC3C(=O)OC1C3O2.CCC(C)(C)c1ccc2cc(O)ccc2c1.c1ccc([S+](c2ccccc2)c2ccccc2)cc1. The van der Waals surface area contributed by atoms with E-state index in [2.05, 4.69) is 135 Å². The van der Waals surface area contributed by atoms with Crippen LogP contribution in [0.5, 0.6) is 5.75 Å². The molecular weight excluding hydrogens is 1180 g/mol. The fourth-order valence-corrected chi connectivity index (χ4v) is 12.4. The first-order valence-electron chi connectivity index (χ1n) is 30.3. The molecule has 18 heteroatoms. The first-order valence-corrected chi connectivity index (χ1v) is 33.0. The fraction of sp³-hybridized carbons (Fsp3) is 0.465. The van der Waals surface area contributed by atoms with Crippen molar-refractivity contribution in [1.29, 1.82) is 0 Å². The second-order valence-corrected chi connectivity index (χ2v) is 29.2. The van der Waals surface area contributed by atoms with Gasteiger partial charge < -0.3 is 33.3 Å². The van der Waals surface area contributed by atoms with E-state index in [1.807, 2.05) is 54.5 Å². The van der Waals surface area contributed by atoms with Gasteiger partial charge in [-0.05, 0) is 194 Å². The number of aryl methyl sites for hydroxylation is 1. The number of hydrogen-bond acceptors (Lipinski definition) is 13. The highest BCUT2D eigenvalue weighted by Gasteiger charge is 2.65. The van der Waals surface area contributed by atoms with E-state index in [9.17, 15) is 50.4 Å². The van der Waals surface area contributed by atoms with Gasteiger partial charge in [0.05, 0.1) is 39.2 Å². The lowest BCUT2D eigenvalue weighted by atomic mass is 9.81. The minimum absolute atomic E-state index is 0.0146. The molecule has 7 atom stereocenters. The predicted octanol–water partition coefficient (Wildman–Crippen LogP) is 15.5. The van der Waals surface area contributed by atoms with E-state index >= 15 is 0 Å². The van der Waals surface area contributed by atoms with Crippen LogP contribution in [0.2, 0.25) is 0 Å². The molecule has 0 amide bonds. The summed E-state index contributed by atoms with van der Waals surface area (Å²) in [6.07, 6.45) is 1.48. The normalized spacial score (nSPS) is 20.4. The second kappa shape index (κ2) is 29.0. The van der Waals surface area contributed by atoms with Crippen LogP contribution in [0.15, 0.2) is 160 Å². The Morgan fingerprint density at radius 3 is 1.69 bits per heavy atom. The van der Waals surface area contributed by atoms with Crippen molar-refractivity contribution in [2.45, 2.75) is 203 Å². The van der Waals surface area contributed by atoms with Gasteiger partial charge in [0.25, 0.3) is 0 Å². The van der Waals surface area contributed by atoms with Crippen LogP contribution in [0.25, 0.3) is 10.8 Å². The molecule has 1 aliphatic carbocycles. The smallest absolute Gasteiger partial charge is 0.369 e. The summed E-state index contributed by atoms with van der Waals surface area (Å²) in [6, 6.07) is 48.8. The predicted molar refractivity (Wildman–Crippen MR) is 338 cm³/mol. The van der Waals surface area contributed by atoms with Gasteiger partial charge in [-0.1, -0.05) is 126 Å². The van der Waals surface area contributed by atoms with Crippen LogP contribution in [-0.2, 0) is 81.3 Å². The molecule has 3 saturated heterocycles. The van der Waals surface area contributed by atoms with E-state index in [1.165, 1.54) is 45.5 Å². The number of phenolic OH excluding ortho intramolecular Hbond substituents is 1. The van der Waals surface area contributed by atoms with Crippen LogP contribution < -0.4 is 0 Å². The summed E-state index contributed by atoms with van der Waals surface area (Å²) in [5.41, 5.74) is 0.831. The number of hydrogen-bond donors (Lipinski definition) is 1. The molecule has 3 heterocycles. The minimum Gasteiger partial charge on any atom is -0.743 e. The molecule has 13 nitrogen and oxygen atoms in total. The van der Waals surface area contributed by atoms with Crippen molar-refractivity contribution in [2.24, 2.45) is 22.2 Å². The van der Waals surface area contributed by atoms with E-state index in [1.54, 1.807) is 31.2 Å². The number of benzene rings is 6. The average Bonchev–Trinajstić information content (AvgIpc) is 1.61. The first-order chi connectivity index (χ1) is 41.6. The molecule has 2 bridgehead atoms. The van der Waals surface area contributed by atoms with Crippen molar-refractivity contribution in [3.8, 4) is 5.75 Å². The summed E-state index contributed by atoms with van der Waals surface area (Å²) < 4.78 is 96.7. The molecule has 89 heavy (non-hydrogen) atoms.